The molecule has 0 saturated heterocycles. The maximum atomic E-state index is 13.6. The molecule has 2 atom stereocenters. The average Bonchev–Trinajstić information content (AvgIpc) is 3.30. The molecule has 0 unspecified atom stereocenters. The lowest BCUT2D eigenvalue weighted by Gasteiger charge is -2.27. The van der Waals surface area contributed by atoms with E-state index in [2.05, 4.69) is 15.6 Å². The molecule has 10 heteroatoms. The summed E-state index contributed by atoms with van der Waals surface area (Å²) in [6, 6.07) is 21.5. The van der Waals surface area contributed by atoms with E-state index in [0.29, 0.717) is 40.9 Å². The number of para-hydroxylation sites is 1. The molecule has 3 amide bonds. The number of nitrogens with one attached hydrogen (secondary N) is 2. The van der Waals surface area contributed by atoms with Gasteiger partial charge in [-0.15, -0.1) is 0 Å². The van der Waals surface area contributed by atoms with Gasteiger partial charge >= 0.3 is 0 Å². The van der Waals surface area contributed by atoms with Gasteiger partial charge in [-0.05, 0) is 60.9 Å². The number of thioether (sulfide) groups is 1. The number of aliphatic imine (C=N–C) groups is 2. The molecule has 0 radical (unpaired) electrons. The van der Waals surface area contributed by atoms with Gasteiger partial charge in [0.05, 0.1) is 24.5 Å². The van der Waals surface area contributed by atoms with Crippen LogP contribution in [0, 0.1) is 6.92 Å². The Kier molecular flexibility index (Phi) is 8.49. The number of amides is 3. The van der Waals surface area contributed by atoms with E-state index in [1.807, 2.05) is 86.6 Å². The Morgan fingerprint density at radius 1 is 1.07 bits per heavy atom. The number of anilines is 1. The zero-order valence-electron chi connectivity index (χ0n) is 23.1. The monoisotopic (exact) mass is 569 g/mol. The van der Waals surface area contributed by atoms with Gasteiger partial charge in [0.1, 0.15) is 17.6 Å². The van der Waals surface area contributed by atoms with E-state index in [1.165, 1.54) is 16.7 Å². The Labute approximate surface area is 243 Å². The minimum Gasteiger partial charge on any atom is -0.497 e. The summed E-state index contributed by atoms with van der Waals surface area (Å²) in [5, 5.41) is 5.72. The number of rotatable bonds is 9. The lowest BCUT2D eigenvalue weighted by Crippen LogP contribution is -2.43. The number of amidine groups is 2. The number of hydrogen-bond acceptors (Lipinski definition) is 7. The van der Waals surface area contributed by atoms with Crippen molar-refractivity contribution in [2.24, 2.45) is 9.98 Å². The second-order valence-corrected chi connectivity index (χ2v) is 10.9. The van der Waals surface area contributed by atoms with E-state index in [4.69, 9.17) is 9.73 Å². The Morgan fingerprint density at radius 2 is 1.85 bits per heavy atom. The van der Waals surface area contributed by atoms with Gasteiger partial charge in [-0.25, -0.2) is 9.89 Å². The Bertz CT molecular complexity index is 1540. The van der Waals surface area contributed by atoms with Gasteiger partial charge in [-0.2, -0.15) is 0 Å². The van der Waals surface area contributed by atoms with E-state index in [-0.39, 0.29) is 24.1 Å². The molecule has 2 aliphatic rings. The zero-order valence-corrected chi connectivity index (χ0v) is 23.9. The van der Waals surface area contributed by atoms with Crippen LogP contribution in [0.1, 0.15) is 36.5 Å². The number of nitrogens with zero attached hydrogens (tertiary/aromatic N) is 3. The predicted octanol–water partition coefficient (Wildman–Crippen LogP) is 4.82. The van der Waals surface area contributed by atoms with Crippen LogP contribution in [-0.2, 0) is 20.9 Å². The molecule has 0 spiro atoms. The number of hydrogen-bond donors (Lipinski definition) is 2. The molecule has 41 heavy (non-hydrogen) atoms. The van der Waals surface area contributed by atoms with E-state index in [9.17, 15) is 14.4 Å². The summed E-state index contributed by atoms with van der Waals surface area (Å²) in [5.41, 5.74) is 4.04. The first-order valence-corrected chi connectivity index (χ1v) is 14.3. The summed E-state index contributed by atoms with van der Waals surface area (Å²) in [5.74, 6) is 0.382. The molecule has 3 aromatic carbocycles. The molecule has 0 saturated carbocycles. The first-order valence-electron chi connectivity index (χ1n) is 13.4. The van der Waals surface area contributed by atoms with Crippen molar-refractivity contribution >= 4 is 51.9 Å². The molecule has 210 valence electrons. The number of methoxy groups -OCH3 is 1. The molecule has 9 nitrogen and oxygen atoms in total. The van der Waals surface area contributed by atoms with Gasteiger partial charge in [0.2, 0.25) is 11.8 Å². The lowest BCUT2D eigenvalue weighted by atomic mass is 10.1. The molecule has 0 fully saturated rings. The van der Waals surface area contributed by atoms with Crippen molar-refractivity contribution in [3.63, 3.8) is 0 Å². The number of carbonyl (C=O) groups excluding carboxylic acids is 3. The first kappa shape index (κ1) is 28.1. The fraction of sp³-hybridized carbons (Fsp3) is 0.258. The van der Waals surface area contributed by atoms with Gasteiger partial charge in [0, 0.05) is 17.8 Å². The average molecular weight is 570 g/mol. The zero-order chi connectivity index (χ0) is 28.9. The van der Waals surface area contributed by atoms with Crippen LogP contribution < -0.4 is 15.4 Å². The van der Waals surface area contributed by atoms with Crippen molar-refractivity contribution in [3.8, 4) is 5.75 Å². The molecule has 0 aliphatic carbocycles. The third kappa shape index (κ3) is 6.33. The van der Waals surface area contributed by atoms with Gasteiger partial charge in [-0.3, -0.25) is 19.4 Å². The molecule has 2 aliphatic heterocycles. The molecule has 0 aromatic heterocycles. The van der Waals surface area contributed by atoms with Crippen LogP contribution in [0.4, 0.5) is 11.4 Å². The quantitative estimate of drug-likeness (QED) is 0.384. The van der Waals surface area contributed by atoms with Crippen LogP contribution in [-0.4, -0.2) is 52.0 Å². The molecular weight excluding hydrogens is 538 g/mol. The maximum absolute atomic E-state index is 13.6. The normalized spacial score (nSPS) is 16.2. The second kappa shape index (κ2) is 12.4. The highest BCUT2D eigenvalue weighted by molar-refractivity contribution is 8.15. The summed E-state index contributed by atoms with van der Waals surface area (Å²) in [7, 11) is 1.60. The summed E-state index contributed by atoms with van der Waals surface area (Å²) in [4.78, 5) is 50.5. The van der Waals surface area contributed by atoms with Crippen LogP contribution >= 0.6 is 11.8 Å². The van der Waals surface area contributed by atoms with Crippen molar-refractivity contribution in [1.29, 1.82) is 0 Å². The Morgan fingerprint density at radius 3 is 2.59 bits per heavy atom. The van der Waals surface area contributed by atoms with Crippen molar-refractivity contribution in [1.82, 2.24) is 10.2 Å². The van der Waals surface area contributed by atoms with E-state index in [1.54, 1.807) is 7.11 Å². The van der Waals surface area contributed by atoms with E-state index < -0.39 is 11.3 Å². The molecule has 3 aromatic rings. The lowest BCUT2D eigenvalue weighted by molar-refractivity contribution is -0.128. The number of fused-ring (bicyclic) bond motifs is 3. The maximum Gasteiger partial charge on any atom is 0.259 e. The highest BCUT2D eigenvalue weighted by atomic mass is 32.2. The standard InChI is InChI=1S/C31H31N5O4S/c1-4-26(29(38)33-21-9-7-8-19(2)16-21)41-31-35-24-11-6-5-10-23(24)28-34-25(30(39)36(28)31)17-27(37)32-18-20-12-14-22(40-3)15-13-20/h5-16,25-26H,4,17-18H2,1-3H3,(H,32,37)(H,33,38)/t25-,26+/m1/s1. The highest BCUT2D eigenvalue weighted by Gasteiger charge is 2.43. The van der Waals surface area contributed by atoms with Crippen LogP contribution in [0.15, 0.2) is 82.8 Å². The van der Waals surface area contributed by atoms with E-state index >= 15 is 0 Å². The fourth-order valence-electron chi connectivity index (χ4n) is 4.60. The number of benzene rings is 3. The van der Waals surface area contributed by atoms with Crippen LogP contribution in [0.25, 0.3) is 0 Å². The summed E-state index contributed by atoms with van der Waals surface area (Å²) >= 11 is 1.22. The SMILES string of the molecule is CC[C@H](SC1=Nc2ccccc2C2=N[C@H](CC(=O)NCc3ccc(OC)cc3)C(=O)N12)C(=O)Nc1cccc(C)c1. The number of carbonyl (C=O) groups is 3. The third-order valence-corrected chi connectivity index (χ3v) is 8.09. The van der Waals surface area contributed by atoms with Gasteiger partial charge < -0.3 is 15.4 Å². The van der Waals surface area contributed by atoms with Crippen LogP contribution in [0.2, 0.25) is 0 Å². The van der Waals surface area contributed by atoms with Gasteiger partial charge in [-0.1, -0.05) is 55.1 Å². The van der Waals surface area contributed by atoms with Gasteiger partial charge in [0.25, 0.3) is 5.91 Å². The van der Waals surface area contributed by atoms with Crippen LogP contribution in [0.3, 0.4) is 0 Å². The highest BCUT2D eigenvalue weighted by Crippen LogP contribution is 2.36. The van der Waals surface area contributed by atoms with E-state index in [0.717, 1.165) is 16.9 Å². The molecule has 2 N–H and O–H groups in total. The Balaban J connectivity index is 1.31. The molecule has 2 heterocycles. The largest absolute Gasteiger partial charge is 0.497 e. The van der Waals surface area contributed by atoms with Crippen molar-refractivity contribution in [2.45, 2.75) is 44.5 Å². The summed E-state index contributed by atoms with van der Waals surface area (Å²) in [6.07, 6.45) is 0.425. The molecular formula is C31H31N5O4S. The van der Waals surface area contributed by atoms with Crippen molar-refractivity contribution in [2.75, 3.05) is 12.4 Å². The van der Waals surface area contributed by atoms with Crippen molar-refractivity contribution in [3.05, 3.63) is 89.5 Å². The second-order valence-electron chi connectivity index (χ2n) is 9.76. The van der Waals surface area contributed by atoms with Crippen molar-refractivity contribution < 1.29 is 19.1 Å². The topological polar surface area (TPSA) is 112 Å². The van der Waals surface area contributed by atoms with Gasteiger partial charge in [0.15, 0.2) is 5.17 Å². The Hall–Kier alpha value is -4.44. The number of aryl methyl sites for hydroxylation is 1. The fourth-order valence-corrected chi connectivity index (χ4v) is 5.62. The summed E-state index contributed by atoms with van der Waals surface area (Å²) in [6.45, 7) is 4.21. The number of ether oxygens (including phenoxy) is 1. The first-order chi connectivity index (χ1) is 19.9. The summed E-state index contributed by atoms with van der Waals surface area (Å²) < 4.78 is 5.17. The molecule has 0 bridgehead atoms. The third-order valence-electron chi connectivity index (χ3n) is 6.77. The minimum atomic E-state index is -0.890. The predicted molar refractivity (Wildman–Crippen MR) is 162 cm³/mol. The minimum absolute atomic E-state index is 0.0971. The smallest absolute Gasteiger partial charge is 0.259 e. The van der Waals surface area contributed by atoms with Crippen LogP contribution in [0.5, 0.6) is 5.75 Å². The molecule has 5 rings (SSSR count).